The van der Waals surface area contributed by atoms with Crippen LogP contribution in [0.15, 0.2) is 23.3 Å². The average Bonchev–Trinajstić information content (AvgIpc) is 2.63. The van der Waals surface area contributed by atoms with Gasteiger partial charge in [-0.2, -0.15) is 0 Å². The molecule has 1 aliphatic rings. The van der Waals surface area contributed by atoms with E-state index >= 15 is 0 Å². The molecule has 0 amide bonds. The second kappa shape index (κ2) is 10.9. The Balaban J connectivity index is 1.94. The Kier molecular flexibility index (Phi) is 8.48. The molecular weight excluding hydrogens is 318 g/mol. The molecule has 1 aromatic heterocycles. The number of hydrogen-bond acceptors (Lipinski definition) is 5. The van der Waals surface area contributed by atoms with Gasteiger partial charge in [0.15, 0.2) is 5.96 Å². The number of morpholine rings is 1. The van der Waals surface area contributed by atoms with E-state index in [1.54, 1.807) is 0 Å². The first-order valence-corrected chi connectivity index (χ1v) is 9.14. The maximum atomic E-state index is 5.60. The number of pyridine rings is 1. The second-order valence-corrected chi connectivity index (χ2v) is 5.97. The van der Waals surface area contributed by atoms with Crippen molar-refractivity contribution in [1.82, 2.24) is 15.6 Å². The highest BCUT2D eigenvalue weighted by molar-refractivity contribution is 5.79. The highest BCUT2D eigenvalue weighted by atomic mass is 16.5. The maximum absolute atomic E-state index is 5.60. The molecule has 0 radical (unpaired) electrons. The van der Waals surface area contributed by atoms with Crippen LogP contribution in [0, 0.1) is 0 Å². The summed E-state index contributed by atoms with van der Waals surface area (Å²) in [6, 6.07) is 4.13. The fourth-order valence-corrected chi connectivity index (χ4v) is 2.66. The van der Waals surface area contributed by atoms with Gasteiger partial charge in [-0.15, -0.1) is 0 Å². The number of anilines is 1. The standard InChI is InChI=1S/C18H31N5O2/c1-4-19-18(21-8-10-24-5-2)22-13-16-6-7-20-17(12-16)23-9-11-25-15(3)14-23/h6-7,12,15H,4-5,8-11,13-14H2,1-3H3,(H2,19,21,22). The number of nitrogens with zero attached hydrogens (tertiary/aromatic N) is 3. The van der Waals surface area contributed by atoms with Crippen molar-refractivity contribution in [3.05, 3.63) is 23.9 Å². The highest BCUT2D eigenvalue weighted by Gasteiger charge is 2.17. The predicted molar refractivity (Wildman–Crippen MR) is 101 cm³/mol. The van der Waals surface area contributed by atoms with E-state index in [1.165, 1.54) is 0 Å². The molecule has 1 fully saturated rings. The molecule has 1 unspecified atom stereocenters. The van der Waals surface area contributed by atoms with Gasteiger partial charge in [0.2, 0.25) is 0 Å². The van der Waals surface area contributed by atoms with Gasteiger partial charge in [-0.1, -0.05) is 0 Å². The number of aromatic nitrogens is 1. The molecule has 1 aliphatic heterocycles. The van der Waals surface area contributed by atoms with Crippen LogP contribution in [0.2, 0.25) is 0 Å². The summed E-state index contributed by atoms with van der Waals surface area (Å²) in [5.74, 6) is 1.80. The Bertz CT molecular complexity index is 538. The second-order valence-electron chi connectivity index (χ2n) is 5.97. The lowest BCUT2D eigenvalue weighted by atomic mass is 10.2. The smallest absolute Gasteiger partial charge is 0.191 e. The van der Waals surface area contributed by atoms with Crippen LogP contribution in [-0.4, -0.2) is 63.0 Å². The maximum Gasteiger partial charge on any atom is 0.191 e. The first kappa shape index (κ1) is 19.5. The van der Waals surface area contributed by atoms with Crippen LogP contribution in [0.5, 0.6) is 0 Å². The fourth-order valence-electron chi connectivity index (χ4n) is 2.66. The minimum atomic E-state index is 0.243. The van der Waals surface area contributed by atoms with Crippen molar-refractivity contribution >= 4 is 11.8 Å². The topological polar surface area (TPSA) is 71.0 Å². The molecular formula is C18H31N5O2. The van der Waals surface area contributed by atoms with Crippen LogP contribution in [-0.2, 0) is 16.0 Å². The summed E-state index contributed by atoms with van der Waals surface area (Å²) in [4.78, 5) is 11.4. The van der Waals surface area contributed by atoms with Crippen LogP contribution in [0.3, 0.4) is 0 Å². The molecule has 140 valence electrons. The van der Waals surface area contributed by atoms with Crippen LogP contribution in [0.4, 0.5) is 5.82 Å². The molecule has 25 heavy (non-hydrogen) atoms. The fraction of sp³-hybridized carbons (Fsp3) is 0.667. The molecule has 2 heterocycles. The van der Waals surface area contributed by atoms with E-state index in [2.05, 4.69) is 45.4 Å². The van der Waals surface area contributed by atoms with Crippen LogP contribution in [0.1, 0.15) is 26.3 Å². The third-order valence-electron chi connectivity index (χ3n) is 3.88. The molecule has 1 saturated heterocycles. The molecule has 0 bridgehead atoms. The zero-order valence-corrected chi connectivity index (χ0v) is 15.6. The molecule has 0 saturated carbocycles. The summed E-state index contributed by atoms with van der Waals surface area (Å²) in [6.45, 7) is 12.2. The first-order valence-electron chi connectivity index (χ1n) is 9.14. The molecule has 0 aromatic carbocycles. The van der Waals surface area contributed by atoms with Gasteiger partial charge in [0.25, 0.3) is 0 Å². The molecule has 1 atom stereocenters. The SMILES string of the molecule is CCNC(=NCc1ccnc(N2CCOC(C)C2)c1)NCCOCC. The minimum Gasteiger partial charge on any atom is -0.380 e. The number of hydrogen-bond donors (Lipinski definition) is 2. The number of aliphatic imine (C=N–C) groups is 1. The molecule has 1 aromatic rings. The Labute approximate surface area is 150 Å². The molecule has 7 heteroatoms. The summed E-state index contributed by atoms with van der Waals surface area (Å²) >= 11 is 0. The lowest BCUT2D eigenvalue weighted by molar-refractivity contribution is 0.0529. The van der Waals surface area contributed by atoms with Crippen molar-refractivity contribution in [3.8, 4) is 0 Å². The van der Waals surface area contributed by atoms with Crippen molar-refractivity contribution in [3.63, 3.8) is 0 Å². The summed E-state index contributed by atoms with van der Waals surface area (Å²) in [6.07, 6.45) is 2.10. The van der Waals surface area contributed by atoms with Gasteiger partial charge in [-0.25, -0.2) is 9.98 Å². The average molecular weight is 349 g/mol. The summed E-state index contributed by atoms with van der Waals surface area (Å²) in [5.41, 5.74) is 1.14. The van der Waals surface area contributed by atoms with E-state index in [1.807, 2.05) is 19.2 Å². The number of ether oxygens (including phenoxy) is 2. The van der Waals surface area contributed by atoms with Crippen molar-refractivity contribution in [2.45, 2.75) is 33.4 Å². The van der Waals surface area contributed by atoms with Crippen LogP contribution < -0.4 is 15.5 Å². The predicted octanol–water partition coefficient (Wildman–Crippen LogP) is 1.40. The van der Waals surface area contributed by atoms with E-state index in [0.717, 1.165) is 56.7 Å². The van der Waals surface area contributed by atoms with E-state index < -0.39 is 0 Å². The molecule has 2 rings (SSSR count). The van der Waals surface area contributed by atoms with Gasteiger partial charge >= 0.3 is 0 Å². The lowest BCUT2D eigenvalue weighted by Gasteiger charge is -2.32. The van der Waals surface area contributed by atoms with E-state index in [9.17, 15) is 0 Å². The zero-order valence-electron chi connectivity index (χ0n) is 15.6. The van der Waals surface area contributed by atoms with Crippen LogP contribution >= 0.6 is 0 Å². The summed E-state index contributed by atoms with van der Waals surface area (Å²) in [5, 5.41) is 6.54. The van der Waals surface area contributed by atoms with Crippen molar-refractivity contribution in [2.24, 2.45) is 4.99 Å². The van der Waals surface area contributed by atoms with Gasteiger partial charge in [0.05, 0.1) is 25.9 Å². The van der Waals surface area contributed by atoms with Gasteiger partial charge in [0, 0.05) is 39.0 Å². The number of guanidine groups is 1. The van der Waals surface area contributed by atoms with Gasteiger partial charge in [-0.3, -0.25) is 0 Å². The minimum absolute atomic E-state index is 0.243. The van der Waals surface area contributed by atoms with Crippen molar-refractivity contribution in [1.29, 1.82) is 0 Å². The van der Waals surface area contributed by atoms with Gasteiger partial charge in [0.1, 0.15) is 5.82 Å². The van der Waals surface area contributed by atoms with Crippen molar-refractivity contribution in [2.75, 3.05) is 50.9 Å². The van der Waals surface area contributed by atoms with Gasteiger partial charge < -0.3 is 25.0 Å². The molecule has 7 nitrogen and oxygen atoms in total. The van der Waals surface area contributed by atoms with E-state index in [4.69, 9.17) is 9.47 Å². The summed E-state index contributed by atoms with van der Waals surface area (Å²) in [7, 11) is 0. The first-order chi connectivity index (χ1) is 12.2. The Morgan fingerprint density at radius 3 is 3.08 bits per heavy atom. The molecule has 0 spiro atoms. The van der Waals surface area contributed by atoms with Crippen LogP contribution in [0.25, 0.3) is 0 Å². The Morgan fingerprint density at radius 2 is 2.32 bits per heavy atom. The Hall–Kier alpha value is -1.86. The van der Waals surface area contributed by atoms with Crippen molar-refractivity contribution < 1.29 is 9.47 Å². The number of nitrogens with one attached hydrogen (secondary N) is 2. The number of rotatable bonds is 8. The molecule has 2 N–H and O–H groups in total. The normalized spacial score (nSPS) is 18.3. The Morgan fingerprint density at radius 1 is 1.44 bits per heavy atom. The largest absolute Gasteiger partial charge is 0.380 e. The quantitative estimate of drug-likeness (QED) is 0.420. The van der Waals surface area contributed by atoms with Gasteiger partial charge in [-0.05, 0) is 38.5 Å². The molecule has 0 aliphatic carbocycles. The highest BCUT2D eigenvalue weighted by Crippen LogP contribution is 2.16. The monoisotopic (exact) mass is 349 g/mol. The van der Waals surface area contributed by atoms with E-state index in [-0.39, 0.29) is 6.10 Å². The third kappa shape index (κ3) is 6.88. The lowest BCUT2D eigenvalue weighted by Crippen LogP contribution is -2.41. The third-order valence-corrected chi connectivity index (χ3v) is 3.88. The summed E-state index contributed by atoms with van der Waals surface area (Å²) < 4.78 is 10.9. The zero-order chi connectivity index (χ0) is 17.9. The van der Waals surface area contributed by atoms with E-state index in [0.29, 0.717) is 13.2 Å².